The highest BCUT2D eigenvalue weighted by Gasteiger charge is 2.30. The van der Waals surface area contributed by atoms with Crippen LogP contribution in [0.15, 0.2) is 77.9 Å². The van der Waals surface area contributed by atoms with Gasteiger partial charge in [-0.15, -0.1) is 0 Å². The summed E-state index contributed by atoms with van der Waals surface area (Å²) in [4.78, 5) is 23.7. The number of carbonyl (C=O) groups is 2. The number of ether oxygens (including phenoxy) is 1. The van der Waals surface area contributed by atoms with E-state index in [-0.39, 0.29) is 5.69 Å². The van der Waals surface area contributed by atoms with Crippen LogP contribution in [0.1, 0.15) is 22.3 Å². The lowest BCUT2D eigenvalue weighted by atomic mass is 10.2. The van der Waals surface area contributed by atoms with E-state index in [1.165, 1.54) is 17.8 Å². The number of hydrazone groups is 1. The maximum Gasteiger partial charge on any atom is 0.416 e. The lowest BCUT2D eigenvalue weighted by Crippen LogP contribution is -2.32. The zero-order valence-corrected chi connectivity index (χ0v) is 17.5. The Morgan fingerprint density at radius 1 is 0.970 bits per heavy atom. The van der Waals surface area contributed by atoms with Crippen LogP contribution in [-0.4, -0.2) is 18.0 Å². The Hall–Kier alpha value is -4.14. The van der Waals surface area contributed by atoms with E-state index in [2.05, 4.69) is 10.4 Å². The van der Waals surface area contributed by atoms with Crippen LogP contribution < -0.4 is 15.5 Å². The average molecular weight is 455 g/mol. The normalized spacial score (nSPS) is 11.3. The molecule has 0 bridgehead atoms. The molecule has 3 aromatic carbocycles. The van der Waals surface area contributed by atoms with Crippen molar-refractivity contribution in [1.29, 1.82) is 0 Å². The Balaban J connectivity index is 1.48. The lowest BCUT2D eigenvalue weighted by Gasteiger charge is -2.09. The molecule has 0 heterocycles. The van der Waals surface area contributed by atoms with E-state index in [9.17, 15) is 22.8 Å². The summed E-state index contributed by atoms with van der Waals surface area (Å²) in [5.74, 6) is -1.62. The van der Waals surface area contributed by atoms with Gasteiger partial charge in [0.15, 0.2) is 0 Å². The molecule has 9 heteroatoms. The highest BCUT2D eigenvalue weighted by molar-refractivity contribution is 6.39. The molecule has 0 aliphatic carbocycles. The van der Waals surface area contributed by atoms with Crippen molar-refractivity contribution < 1.29 is 27.5 Å². The second-order valence-corrected chi connectivity index (χ2v) is 7.08. The van der Waals surface area contributed by atoms with Gasteiger partial charge in [-0.3, -0.25) is 9.59 Å². The molecule has 3 rings (SSSR count). The third kappa shape index (κ3) is 7.20. The summed E-state index contributed by atoms with van der Waals surface area (Å²) in [5.41, 5.74) is 3.77. The van der Waals surface area contributed by atoms with Crippen LogP contribution in [0.5, 0.6) is 5.75 Å². The van der Waals surface area contributed by atoms with Crippen molar-refractivity contribution in [3.8, 4) is 5.75 Å². The largest absolute Gasteiger partial charge is 0.489 e. The Labute approximate surface area is 188 Å². The summed E-state index contributed by atoms with van der Waals surface area (Å²) < 4.78 is 43.9. The summed E-state index contributed by atoms with van der Waals surface area (Å²) in [6.07, 6.45) is -3.24. The van der Waals surface area contributed by atoms with Gasteiger partial charge in [-0.2, -0.15) is 18.3 Å². The highest BCUT2D eigenvalue weighted by atomic mass is 19.4. The summed E-state index contributed by atoms with van der Waals surface area (Å²) in [7, 11) is 0. The van der Waals surface area contributed by atoms with E-state index in [0.29, 0.717) is 17.9 Å². The molecule has 2 N–H and O–H groups in total. The first-order valence-electron chi connectivity index (χ1n) is 9.81. The monoisotopic (exact) mass is 455 g/mol. The van der Waals surface area contributed by atoms with Crippen molar-refractivity contribution in [2.75, 3.05) is 5.32 Å². The summed E-state index contributed by atoms with van der Waals surface area (Å²) in [6, 6.07) is 18.8. The van der Waals surface area contributed by atoms with Gasteiger partial charge < -0.3 is 10.1 Å². The number of benzene rings is 3. The quantitative estimate of drug-likeness (QED) is 0.322. The minimum Gasteiger partial charge on any atom is -0.489 e. The van der Waals surface area contributed by atoms with Gasteiger partial charge in [0.05, 0.1) is 11.8 Å². The molecule has 0 atom stereocenters. The van der Waals surface area contributed by atoms with Gasteiger partial charge >= 0.3 is 18.0 Å². The first kappa shape index (κ1) is 23.5. The Kier molecular flexibility index (Phi) is 7.45. The SMILES string of the molecule is Cc1ccc(COc2ccc(/C=N\NC(=O)C(=O)Nc3cccc(C(F)(F)F)c3)cc2)cc1. The maximum absolute atomic E-state index is 12.7. The molecule has 0 aliphatic rings. The van der Waals surface area contributed by atoms with Crippen LogP contribution in [0.25, 0.3) is 0 Å². The van der Waals surface area contributed by atoms with E-state index in [4.69, 9.17) is 4.74 Å². The number of amides is 2. The first-order chi connectivity index (χ1) is 15.7. The molecule has 33 heavy (non-hydrogen) atoms. The van der Waals surface area contributed by atoms with Crippen LogP contribution in [0, 0.1) is 6.92 Å². The molecule has 6 nitrogen and oxygen atoms in total. The number of hydrogen-bond acceptors (Lipinski definition) is 4. The number of anilines is 1. The van der Waals surface area contributed by atoms with Gasteiger partial charge in [0.1, 0.15) is 12.4 Å². The number of rotatable bonds is 6. The highest BCUT2D eigenvalue weighted by Crippen LogP contribution is 2.30. The van der Waals surface area contributed by atoms with Crippen LogP contribution in [-0.2, 0) is 22.4 Å². The second-order valence-electron chi connectivity index (χ2n) is 7.08. The van der Waals surface area contributed by atoms with Crippen LogP contribution >= 0.6 is 0 Å². The number of nitrogens with one attached hydrogen (secondary N) is 2. The number of hydrogen-bond donors (Lipinski definition) is 2. The predicted molar refractivity (Wildman–Crippen MR) is 118 cm³/mol. The standard InChI is InChI=1S/C24H20F3N3O3/c1-16-5-7-18(8-6-16)15-33-21-11-9-17(10-12-21)14-28-30-23(32)22(31)29-20-4-2-3-19(13-20)24(25,26)27/h2-14H,15H2,1H3,(H,29,31)(H,30,32)/b28-14-. The smallest absolute Gasteiger partial charge is 0.416 e. The van der Waals surface area contributed by atoms with Crippen molar-refractivity contribution in [2.45, 2.75) is 19.7 Å². The van der Waals surface area contributed by atoms with Gasteiger partial charge in [0.2, 0.25) is 0 Å². The van der Waals surface area contributed by atoms with Crippen LogP contribution in [0.3, 0.4) is 0 Å². The van der Waals surface area contributed by atoms with Gasteiger partial charge in [0.25, 0.3) is 0 Å². The van der Waals surface area contributed by atoms with Crippen molar-refractivity contribution in [2.24, 2.45) is 5.10 Å². The van der Waals surface area contributed by atoms with E-state index < -0.39 is 23.6 Å². The lowest BCUT2D eigenvalue weighted by molar-refractivity contribution is -0.137. The fourth-order valence-electron chi connectivity index (χ4n) is 2.68. The minimum atomic E-state index is -4.56. The molecular weight excluding hydrogens is 435 g/mol. The molecular formula is C24H20F3N3O3. The number of halogens is 3. The second kappa shape index (κ2) is 10.4. The average Bonchev–Trinajstić information content (AvgIpc) is 2.79. The fourth-order valence-corrected chi connectivity index (χ4v) is 2.68. The number of nitrogens with zero attached hydrogens (tertiary/aromatic N) is 1. The molecule has 0 saturated carbocycles. The maximum atomic E-state index is 12.7. The molecule has 0 spiro atoms. The van der Waals surface area contributed by atoms with Gasteiger partial charge in [-0.1, -0.05) is 35.9 Å². The van der Waals surface area contributed by atoms with Crippen molar-refractivity contribution in [3.63, 3.8) is 0 Å². The zero-order chi connectivity index (χ0) is 23.8. The van der Waals surface area contributed by atoms with Gasteiger partial charge in [-0.05, 0) is 60.5 Å². The molecule has 0 aliphatic heterocycles. The Morgan fingerprint density at radius 2 is 1.67 bits per heavy atom. The molecule has 170 valence electrons. The molecule has 0 saturated heterocycles. The third-order valence-corrected chi connectivity index (χ3v) is 4.44. The molecule has 0 aromatic heterocycles. The fraction of sp³-hybridized carbons (Fsp3) is 0.125. The summed E-state index contributed by atoms with van der Waals surface area (Å²) in [5, 5.41) is 5.79. The summed E-state index contributed by atoms with van der Waals surface area (Å²) in [6.45, 7) is 2.43. The molecule has 0 fully saturated rings. The van der Waals surface area contributed by atoms with Crippen LogP contribution in [0.4, 0.5) is 18.9 Å². The van der Waals surface area contributed by atoms with E-state index in [1.54, 1.807) is 24.3 Å². The van der Waals surface area contributed by atoms with Crippen molar-refractivity contribution in [3.05, 3.63) is 95.1 Å². The van der Waals surface area contributed by atoms with Gasteiger partial charge in [-0.25, -0.2) is 5.43 Å². The number of alkyl halides is 3. The number of aryl methyl sites for hydroxylation is 1. The first-order valence-corrected chi connectivity index (χ1v) is 9.81. The predicted octanol–water partition coefficient (Wildman–Crippen LogP) is 4.68. The Bertz CT molecular complexity index is 1140. The van der Waals surface area contributed by atoms with Crippen molar-refractivity contribution >= 4 is 23.7 Å². The minimum absolute atomic E-state index is 0.157. The molecule has 0 radical (unpaired) electrons. The number of carbonyl (C=O) groups excluding carboxylic acids is 2. The topological polar surface area (TPSA) is 79.8 Å². The Morgan fingerprint density at radius 3 is 2.33 bits per heavy atom. The zero-order valence-electron chi connectivity index (χ0n) is 17.5. The van der Waals surface area contributed by atoms with E-state index in [0.717, 1.165) is 23.8 Å². The van der Waals surface area contributed by atoms with Crippen LogP contribution in [0.2, 0.25) is 0 Å². The molecule has 2 amide bonds. The van der Waals surface area contributed by atoms with E-state index >= 15 is 0 Å². The van der Waals surface area contributed by atoms with E-state index in [1.807, 2.05) is 36.6 Å². The molecule has 3 aromatic rings. The summed E-state index contributed by atoms with van der Waals surface area (Å²) >= 11 is 0. The molecule has 0 unspecified atom stereocenters. The third-order valence-electron chi connectivity index (χ3n) is 4.44. The van der Waals surface area contributed by atoms with Gasteiger partial charge in [0, 0.05) is 5.69 Å². The van der Waals surface area contributed by atoms with Crippen molar-refractivity contribution in [1.82, 2.24) is 5.43 Å².